The molecule has 0 aromatic carbocycles. The van der Waals surface area contributed by atoms with Crippen LogP contribution in [0, 0.1) is 0 Å². The molecule has 0 heterocycles. The van der Waals surface area contributed by atoms with E-state index in [1.54, 1.807) is 34.6 Å². The van der Waals surface area contributed by atoms with Gasteiger partial charge in [0, 0.05) is 5.54 Å². The number of hydrogen-bond donors (Lipinski definition) is 3. The smallest absolute Gasteiger partial charge is 0.408 e. The van der Waals surface area contributed by atoms with Crippen molar-refractivity contribution in [1.29, 1.82) is 0 Å². The van der Waals surface area contributed by atoms with Gasteiger partial charge in [-0.3, -0.25) is 4.79 Å². The van der Waals surface area contributed by atoms with Crippen LogP contribution < -0.4 is 16.8 Å². The molecule has 17 heavy (non-hydrogen) atoms. The first-order valence-electron chi connectivity index (χ1n) is 5.49. The summed E-state index contributed by atoms with van der Waals surface area (Å²) in [7, 11) is 0. The van der Waals surface area contributed by atoms with Crippen molar-refractivity contribution in [2.24, 2.45) is 11.5 Å². The highest BCUT2D eigenvalue weighted by Crippen LogP contribution is 2.13. The Balaban J connectivity index is 4.35. The van der Waals surface area contributed by atoms with E-state index < -0.39 is 29.2 Å². The minimum Gasteiger partial charge on any atom is -0.444 e. The molecule has 1 atom stereocenters. The predicted octanol–water partition coefficient (Wildman–Crippen LogP) is 0.492. The maximum Gasteiger partial charge on any atom is 0.408 e. The molecule has 0 aliphatic rings. The summed E-state index contributed by atoms with van der Waals surface area (Å²) in [6, 6.07) is -0.792. The number of primary amides is 1. The zero-order valence-corrected chi connectivity index (χ0v) is 11.2. The predicted molar refractivity (Wildman–Crippen MR) is 65.2 cm³/mol. The molecule has 0 aliphatic heterocycles. The molecular formula is C11H23N3O3. The van der Waals surface area contributed by atoms with Crippen molar-refractivity contribution in [1.82, 2.24) is 5.32 Å². The van der Waals surface area contributed by atoms with Crippen molar-refractivity contribution in [2.75, 3.05) is 0 Å². The SMILES string of the molecule is CC(C)(CC(N)C(N)=O)NC(=O)OC(C)(C)C. The largest absolute Gasteiger partial charge is 0.444 e. The van der Waals surface area contributed by atoms with Crippen LogP contribution in [0.1, 0.15) is 41.0 Å². The summed E-state index contributed by atoms with van der Waals surface area (Å²) in [6.07, 6.45) is -0.291. The molecule has 0 bridgehead atoms. The number of nitrogens with one attached hydrogen (secondary N) is 1. The van der Waals surface area contributed by atoms with Gasteiger partial charge in [0.05, 0.1) is 6.04 Å². The highest BCUT2D eigenvalue weighted by molar-refractivity contribution is 5.79. The number of rotatable bonds is 4. The molecule has 0 aromatic heterocycles. The van der Waals surface area contributed by atoms with Gasteiger partial charge in [-0.1, -0.05) is 0 Å². The number of carbonyl (C=O) groups excluding carboxylic acids is 2. The first-order valence-corrected chi connectivity index (χ1v) is 5.49. The van der Waals surface area contributed by atoms with Gasteiger partial charge in [0.15, 0.2) is 0 Å². The van der Waals surface area contributed by atoms with Crippen molar-refractivity contribution in [3.8, 4) is 0 Å². The molecule has 0 saturated heterocycles. The maximum atomic E-state index is 11.5. The number of nitrogens with two attached hydrogens (primary N) is 2. The molecule has 0 aliphatic carbocycles. The van der Waals surface area contributed by atoms with Crippen LogP contribution in [-0.4, -0.2) is 29.2 Å². The van der Waals surface area contributed by atoms with Gasteiger partial charge in [0.2, 0.25) is 5.91 Å². The third-order valence-electron chi connectivity index (χ3n) is 1.94. The van der Waals surface area contributed by atoms with Crippen molar-refractivity contribution in [3.63, 3.8) is 0 Å². The second-order valence-electron chi connectivity index (χ2n) is 5.72. The van der Waals surface area contributed by atoms with Crippen LogP contribution in [0.15, 0.2) is 0 Å². The van der Waals surface area contributed by atoms with E-state index in [1.165, 1.54) is 0 Å². The molecule has 0 spiro atoms. The molecular weight excluding hydrogens is 222 g/mol. The van der Waals surface area contributed by atoms with Gasteiger partial charge in [-0.25, -0.2) is 4.79 Å². The Morgan fingerprint density at radius 1 is 1.24 bits per heavy atom. The lowest BCUT2D eigenvalue weighted by Gasteiger charge is -2.29. The fourth-order valence-corrected chi connectivity index (χ4v) is 1.28. The second kappa shape index (κ2) is 5.35. The van der Waals surface area contributed by atoms with Crippen molar-refractivity contribution in [3.05, 3.63) is 0 Å². The summed E-state index contributed by atoms with van der Waals surface area (Å²) >= 11 is 0. The van der Waals surface area contributed by atoms with Crippen molar-refractivity contribution >= 4 is 12.0 Å². The van der Waals surface area contributed by atoms with Crippen LogP contribution in [0.3, 0.4) is 0 Å². The van der Waals surface area contributed by atoms with Crippen LogP contribution in [0.2, 0.25) is 0 Å². The van der Waals surface area contributed by atoms with Gasteiger partial charge in [0.25, 0.3) is 0 Å². The molecule has 1 unspecified atom stereocenters. The molecule has 6 nitrogen and oxygen atoms in total. The zero-order valence-electron chi connectivity index (χ0n) is 11.2. The van der Waals surface area contributed by atoms with Crippen molar-refractivity contribution in [2.45, 2.75) is 58.2 Å². The topological polar surface area (TPSA) is 107 Å². The van der Waals surface area contributed by atoms with Crippen LogP contribution in [0.25, 0.3) is 0 Å². The monoisotopic (exact) mass is 245 g/mol. The normalized spacial score (nSPS) is 14.0. The molecule has 5 N–H and O–H groups in total. The number of amides is 2. The zero-order chi connectivity index (χ0) is 13.9. The fourth-order valence-electron chi connectivity index (χ4n) is 1.28. The van der Waals surface area contributed by atoms with E-state index in [-0.39, 0.29) is 6.42 Å². The van der Waals surface area contributed by atoms with E-state index in [9.17, 15) is 9.59 Å². The summed E-state index contributed by atoms with van der Waals surface area (Å²) in [5, 5.41) is 2.65. The molecule has 0 saturated carbocycles. The lowest BCUT2D eigenvalue weighted by Crippen LogP contribution is -2.51. The summed E-state index contributed by atoms with van der Waals surface area (Å²) in [5.41, 5.74) is 9.39. The van der Waals surface area contributed by atoms with Gasteiger partial charge in [-0.05, 0) is 41.0 Å². The molecule has 0 rings (SSSR count). The lowest BCUT2D eigenvalue weighted by molar-refractivity contribution is -0.119. The Morgan fingerprint density at radius 2 is 1.71 bits per heavy atom. The van der Waals surface area contributed by atoms with E-state index in [2.05, 4.69) is 5.32 Å². The molecule has 0 radical (unpaired) electrons. The highest BCUT2D eigenvalue weighted by atomic mass is 16.6. The Labute approximate surface area is 102 Å². The fraction of sp³-hybridized carbons (Fsp3) is 0.818. The first-order chi connectivity index (χ1) is 7.43. The van der Waals surface area contributed by atoms with E-state index >= 15 is 0 Å². The first kappa shape index (κ1) is 15.7. The van der Waals surface area contributed by atoms with Gasteiger partial charge in [-0.2, -0.15) is 0 Å². The van der Waals surface area contributed by atoms with Gasteiger partial charge < -0.3 is 21.5 Å². The lowest BCUT2D eigenvalue weighted by atomic mass is 9.95. The Bertz CT molecular complexity index is 295. The number of alkyl carbamates (subject to hydrolysis) is 1. The standard InChI is InChI=1S/C11H23N3O3/c1-10(2,3)17-9(16)14-11(4,5)6-7(12)8(13)15/h7H,6,12H2,1-5H3,(H2,13,15)(H,14,16). The second-order valence-corrected chi connectivity index (χ2v) is 5.72. The number of ether oxygens (including phenoxy) is 1. The molecule has 0 fully saturated rings. The molecule has 100 valence electrons. The van der Waals surface area contributed by atoms with E-state index in [4.69, 9.17) is 16.2 Å². The summed E-state index contributed by atoms with van der Waals surface area (Å²) < 4.78 is 5.11. The van der Waals surface area contributed by atoms with Gasteiger partial charge in [-0.15, -0.1) is 0 Å². The van der Waals surface area contributed by atoms with Gasteiger partial charge >= 0.3 is 6.09 Å². The van der Waals surface area contributed by atoms with E-state index in [0.717, 1.165) is 0 Å². The van der Waals surface area contributed by atoms with Crippen molar-refractivity contribution < 1.29 is 14.3 Å². The van der Waals surface area contributed by atoms with Gasteiger partial charge in [0.1, 0.15) is 5.60 Å². The van der Waals surface area contributed by atoms with Crippen LogP contribution in [-0.2, 0) is 9.53 Å². The van der Waals surface area contributed by atoms with Crippen LogP contribution in [0.5, 0.6) is 0 Å². The van der Waals surface area contributed by atoms with Crippen LogP contribution in [0.4, 0.5) is 4.79 Å². The highest BCUT2D eigenvalue weighted by Gasteiger charge is 2.28. The number of carbonyl (C=O) groups is 2. The molecule has 0 aromatic rings. The summed E-state index contributed by atoms with van der Waals surface area (Å²) in [6.45, 7) is 8.82. The molecule has 6 heteroatoms. The number of hydrogen-bond acceptors (Lipinski definition) is 4. The van der Waals surface area contributed by atoms with E-state index in [1.807, 2.05) is 0 Å². The Hall–Kier alpha value is -1.30. The third kappa shape index (κ3) is 7.57. The maximum absolute atomic E-state index is 11.5. The quantitative estimate of drug-likeness (QED) is 0.670. The summed E-state index contributed by atoms with van der Waals surface area (Å²) in [4.78, 5) is 22.4. The van der Waals surface area contributed by atoms with E-state index in [0.29, 0.717) is 0 Å². The average molecular weight is 245 g/mol. The average Bonchev–Trinajstić information content (AvgIpc) is 1.96. The molecule has 2 amide bonds. The third-order valence-corrected chi connectivity index (χ3v) is 1.94. The minimum atomic E-state index is -0.792. The minimum absolute atomic E-state index is 0.252. The summed E-state index contributed by atoms with van der Waals surface area (Å²) in [5.74, 6) is -0.593. The Kier molecular flexibility index (Phi) is 4.94. The van der Waals surface area contributed by atoms with Crippen LogP contribution >= 0.6 is 0 Å². The Morgan fingerprint density at radius 3 is 2.06 bits per heavy atom.